The molecule has 2 N–H and O–H groups in total. The lowest BCUT2D eigenvalue weighted by Crippen LogP contribution is -2.37. The van der Waals surface area contributed by atoms with Crippen molar-refractivity contribution in [3.63, 3.8) is 0 Å². The van der Waals surface area contributed by atoms with E-state index in [0.29, 0.717) is 24.0 Å². The fourth-order valence-corrected chi connectivity index (χ4v) is 4.69. The van der Waals surface area contributed by atoms with E-state index in [2.05, 4.69) is 47.0 Å². The van der Waals surface area contributed by atoms with Crippen LogP contribution in [0.15, 0.2) is 48.5 Å². The van der Waals surface area contributed by atoms with Crippen molar-refractivity contribution in [2.45, 2.75) is 43.9 Å². The Morgan fingerprint density at radius 3 is 2.65 bits per heavy atom. The molecule has 138 valence electrons. The zero-order valence-corrected chi connectivity index (χ0v) is 15.6. The molecule has 0 unspecified atom stereocenters. The molecule has 2 aliphatic rings. The van der Waals surface area contributed by atoms with Crippen LogP contribution in [0.2, 0.25) is 0 Å². The normalized spacial score (nSPS) is 27.3. The number of benzene rings is 2. The molecule has 1 saturated carbocycles. The second kappa shape index (κ2) is 7.68. The molecule has 2 aromatic rings. The number of rotatable bonds is 6. The van der Waals surface area contributed by atoms with Gasteiger partial charge in [-0.25, -0.2) is 0 Å². The van der Waals surface area contributed by atoms with Crippen molar-refractivity contribution in [1.29, 1.82) is 0 Å². The van der Waals surface area contributed by atoms with E-state index in [0.717, 1.165) is 23.6 Å². The Balaban J connectivity index is 1.55. The van der Waals surface area contributed by atoms with Gasteiger partial charge in [-0.15, -0.1) is 0 Å². The van der Waals surface area contributed by atoms with E-state index >= 15 is 0 Å². The van der Waals surface area contributed by atoms with Crippen LogP contribution in [0, 0.1) is 5.92 Å². The molecule has 4 heteroatoms. The Morgan fingerprint density at radius 2 is 1.88 bits per heavy atom. The van der Waals surface area contributed by atoms with Crippen LogP contribution in [-0.2, 0) is 6.54 Å². The molecule has 1 aliphatic heterocycles. The predicted octanol–water partition coefficient (Wildman–Crippen LogP) is 3.68. The number of hydrogen-bond donors (Lipinski definition) is 2. The van der Waals surface area contributed by atoms with Gasteiger partial charge in [-0.3, -0.25) is 0 Å². The van der Waals surface area contributed by atoms with Crippen LogP contribution in [0.4, 0.5) is 0 Å². The van der Waals surface area contributed by atoms with E-state index in [4.69, 9.17) is 9.47 Å². The molecule has 1 saturated heterocycles. The summed E-state index contributed by atoms with van der Waals surface area (Å²) in [6.45, 7) is 0.777. The molecular formula is C22H28N2O2. The monoisotopic (exact) mass is 352 g/mol. The van der Waals surface area contributed by atoms with E-state index in [-0.39, 0.29) is 0 Å². The van der Waals surface area contributed by atoms with E-state index in [1.54, 1.807) is 14.2 Å². The van der Waals surface area contributed by atoms with Crippen LogP contribution in [-0.4, -0.2) is 26.3 Å². The second-order valence-corrected chi connectivity index (χ2v) is 7.34. The molecule has 0 aromatic heterocycles. The molecule has 4 nitrogen and oxygen atoms in total. The topological polar surface area (TPSA) is 42.5 Å². The summed E-state index contributed by atoms with van der Waals surface area (Å²) in [6, 6.07) is 18.2. The summed E-state index contributed by atoms with van der Waals surface area (Å²) in [7, 11) is 3.43. The minimum absolute atomic E-state index is 0.364. The SMILES string of the molecule is COc1ccc(OC)c(CN[C@@H]2[C@H]3CCC[C@H]3N[C@@H]2c2ccccc2)c1. The van der Waals surface area contributed by atoms with Crippen LogP contribution in [0.1, 0.15) is 36.4 Å². The average molecular weight is 352 g/mol. The molecule has 1 heterocycles. The number of methoxy groups -OCH3 is 2. The van der Waals surface area contributed by atoms with Gasteiger partial charge < -0.3 is 20.1 Å². The quantitative estimate of drug-likeness (QED) is 0.832. The zero-order chi connectivity index (χ0) is 17.9. The Bertz CT molecular complexity index is 734. The number of nitrogens with one attached hydrogen (secondary N) is 2. The first-order chi connectivity index (χ1) is 12.8. The number of fused-ring (bicyclic) bond motifs is 1. The summed E-state index contributed by atoms with van der Waals surface area (Å²) in [5.41, 5.74) is 2.51. The van der Waals surface area contributed by atoms with Gasteiger partial charge in [0.15, 0.2) is 0 Å². The lowest BCUT2D eigenvalue weighted by atomic mass is 9.91. The summed E-state index contributed by atoms with van der Waals surface area (Å²) in [5.74, 6) is 2.46. The van der Waals surface area contributed by atoms with Gasteiger partial charge in [0.2, 0.25) is 0 Å². The molecule has 0 bridgehead atoms. The molecule has 2 aromatic carbocycles. The van der Waals surface area contributed by atoms with Crippen LogP contribution in [0.25, 0.3) is 0 Å². The molecule has 0 radical (unpaired) electrons. The fraction of sp³-hybridized carbons (Fsp3) is 0.455. The lowest BCUT2D eigenvalue weighted by Gasteiger charge is -2.26. The number of ether oxygens (including phenoxy) is 2. The van der Waals surface area contributed by atoms with Crippen molar-refractivity contribution in [2.75, 3.05) is 14.2 Å². The minimum Gasteiger partial charge on any atom is -0.497 e. The fourth-order valence-electron chi connectivity index (χ4n) is 4.69. The first-order valence-electron chi connectivity index (χ1n) is 9.55. The van der Waals surface area contributed by atoms with Crippen molar-refractivity contribution in [3.05, 3.63) is 59.7 Å². The Morgan fingerprint density at radius 1 is 1.04 bits per heavy atom. The second-order valence-electron chi connectivity index (χ2n) is 7.34. The molecule has 4 rings (SSSR count). The van der Waals surface area contributed by atoms with E-state index in [1.807, 2.05) is 12.1 Å². The minimum atomic E-state index is 0.364. The molecule has 0 amide bonds. The summed E-state index contributed by atoms with van der Waals surface area (Å²) >= 11 is 0. The van der Waals surface area contributed by atoms with Crippen LogP contribution >= 0.6 is 0 Å². The molecule has 1 aliphatic carbocycles. The zero-order valence-electron chi connectivity index (χ0n) is 15.6. The average Bonchev–Trinajstić information content (AvgIpc) is 3.28. The first-order valence-corrected chi connectivity index (χ1v) is 9.55. The standard InChI is InChI=1S/C22H28N2O2/c1-25-17-11-12-20(26-2)16(13-17)14-23-22-18-9-6-10-19(18)24-21(22)15-7-4-3-5-8-15/h3-5,7-8,11-13,18-19,21-24H,6,9-10,14H2,1-2H3/t18-,19+,21+,22+/m0/s1. The summed E-state index contributed by atoms with van der Waals surface area (Å²) in [5, 5.41) is 7.73. The maximum atomic E-state index is 5.55. The molecule has 26 heavy (non-hydrogen) atoms. The van der Waals surface area contributed by atoms with E-state index < -0.39 is 0 Å². The van der Waals surface area contributed by atoms with E-state index in [9.17, 15) is 0 Å². The van der Waals surface area contributed by atoms with Crippen LogP contribution in [0.5, 0.6) is 11.5 Å². The van der Waals surface area contributed by atoms with Gasteiger partial charge in [-0.05, 0) is 42.5 Å². The van der Waals surface area contributed by atoms with Crippen molar-refractivity contribution in [1.82, 2.24) is 10.6 Å². The smallest absolute Gasteiger partial charge is 0.123 e. The van der Waals surface area contributed by atoms with Crippen molar-refractivity contribution in [2.24, 2.45) is 5.92 Å². The van der Waals surface area contributed by atoms with Gasteiger partial charge in [0.05, 0.1) is 14.2 Å². The predicted molar refractivity (Wildman–Crippen MR) is 104 cm³/mol. The van der Waals surface area contributed by atoms with Crippen molar-refractivity contribution < 1.29 is 9.47 Å². The maximum absolute atomic E-state index is 5.55. The van der Waals surface area contributed by atoms with Gasteiger partial charge in [-0.2, -0.15) is 0 Å². The number of hydrogen-bond acceptors (Lipinski definition) is 4. The molecular weight excluding hydrogens is 324 g/mol. The highest BCUT2D eigenvalue weighted by atomic mass is 16.5. The summed E-state index contributed by atoms with van der Waals surface area (Å²) in [4.78, 5) is 0. The van der Waals surface area contributed by atoms with Crippen LogP contribution < -0.4 is 20.1 Å². The van der Waals surface area contributed by atoms with Gasteiger partial charge in [-0.1, -0.05) is 36.8 Å². The van der Waals surface area contributed by atoms with Gasteiger partial charge in [0.25, 0.3) is 0 Å². The van der Waals surface area contributed by atoms with Crippen LogP contribution in [0.3, 0.4) is 0 Å². The summed E-state index contributed by atoms with van der Waals surface area (Å²) in [6.07, 6.45) is 3.91. The third-order valence-corrected chi connectivity index (χ3v) is 5.96. The molecule has 2 fully saturated rings. The third kappa shape index (κ3) is 3.31. The highest BCUT2D eigenvalue weighted by Crippen LogP contribution is 2.41. The maximum Gasteiger partial charge on any atom is 0.123 e. The Hall–Kier alpha value is -2.04. The highest BCUT2D eigenvalue weighted by molar-refractivity contribution is 5.40. The molecule has 4 atom stereocenters. The van der Waals surface area contributed by atoms with Crippen molar-refractivity contribution in [3.8, 4) is 11.5 Å². The van der Waals surface area contributed by atoms with E-state index in [1.165, 1.54) is 24.8 Å². The molecule has 0 spiro atoms. The highest BCUT2D eigenvalue weighted by Gasteiger charge is 2.45. The first kappa shape index (κ1) is 17.4. The van der Waals surface area contributed by atoms with Crippen molar-refractivity contribution >= 4 is 0 Å². The van der Waals surface area contributed by atoms with Gasteiger partial charge in [0.1, 0.15) is 11.5 Å². The van der Waals surface area contributed by atoms with Gasteiger partial charge >= 0.3 is 0 Å². The Labute approximate surface area is 155 Å². The largest absolute Gasteiger partial charge is 0.497 e. The lowest BCUT2D eigenvalue weighted by molar-refractivity contribution is 0.363. The third-order valence-electron chi connectivity index (χ3n) is 5.96. The van der Waals surface area contributed by atoms with Gasteiger partial charge in [0, 0.05) is 30.2 Å². The summed E-state index contributed by atoms with van der Waals surface area (Å²) < 4.78 is 10.9. The Kier molecular flexibility index (Phi) is 5.14.